The van der Waals surface area contributed by atoms with Crippen molar-refractivity contribution in [2.24, 2.45) is 5.92 Å². The summed E-state index contributed by atoms with van der Waals surface area (Å²) < 4.78 is 0. The van der Waals surface area contributed by atoms with Crippen LogP contribution in [0.2, 0.25) is 0 Å². The van der Waals surface area contributed by atoms with Gasteiger partial charge in [0.2, 0.25) is 5.91 Å². The predicted octanol–water partition coefficient (Wildman–Crippen LogP) is 1.67. The Kier molecular flexibility index (Phi) is 2.99. The van der Waals surface area contributed by atoms with Crippen molar-refractivity contribution in [2.45, 2.75) is 44.3 Å². The van der Waals surface area contributed by atoms with Gasteiger partial charge in [-0.2, -0.15) is 0 Å². The van der Waals surface area contributed by atoms with Crippen LogP contribution in [-0.2, 0) is 11.3 Å². The van der Waals surface area contributed by atoms with E-state index in [4.69, 9.17) is 0 Å². The lowest BCUT2D eigenvalue weighted by molar-refractivity contribution is -0.129. The average molecular weight is 271 g/mol. The Hall–Kier alpha value is -1.42. The molecule has 1 saturated carbocycles. The van der Waals surface area contributed by atoms with E-state index in [1.54, 1.807) is 0 Å². The van der Waals surface area contributed by atoms with Crippen LogP contribution in [0.4, 0.5) is 0 Å². The van der Waals surface area contributed by atoms with Gasteiger partial charge in [-0.3, -0.25) is 14.7 Å². The van der Waals surface area contributed by atoms with Gasteiger partial charge < -0.3 is 4.90 Å². The van der Waals surface area contributed by atoms with Crippen molar-refractivity contribution in [3.05, 3.63) is 30.1 Å². The highest BCUT2D eigenvalue weighted by Crippen LogP contribution is 2.37. The number of nitrogens with zero attached hydrogens (tertiary/aromatic N) is 3. The quantitative estimate of drug-likeness (QED) is 0.836. The van der Waals surface area contributed by atoms with Crippen LogP contribution in [0.1, 0.15) is 31.4 Å². The summed E-state index contributed by atoms with van der Waals surface area (Å²) in [5.41, 5.74) is 1.11. The zero-order valence-electron chi connectivity index (χ0n) is 11.7. The van der Waals surface area contributed by atoms with Crippen molar-refractivity contribution < 1.29 is 4.79 Å². The molecule has 0 aromatic carbocycles. The zero-order valence-corrected chi connectivity index (χ0v) is 11.7. The second kappa shape index (κ2) is 4.85. The number of hydrogen-bond donors (Lipinski definition) is 0. The van der Waals surface area contributed by atoms with Gasteiger partial charge in [0.1, 0.15) is 0 Å². The van der Waals surface area contributed by atoms with E-state index in [-0.39, 0.29) is 0 Å². The summed E-state index contributed by atoms with van der Waals surface area (Å²) in [6, 6.07) is 6.95. The van der Waals surface area contributed by atoms with Crippen LogP contribution in [0, 0.1) is 5.92 Å². The van der Waals surface area contributed by atoms with E-state index in [1.165, 1.54) is 12.8 Å². The van der Waals surface area contributed by atoms with Gasteiger partial charge in [0.25, 0.3) is 0 Å². The summed E-state index contributed by atoms with van der Waals surface area (Å²) in [5.74, 6) is 1.17. The minimum absolute atomic E-state index is 0.373. The Labute approximate surface area is 119 Å². The van der Waals surface area contributed by atoms with Crippen LogP contribution >= 0.6 is 0 Å². The molecular weight excluding hydrogens is 250 g/mol. The topological polar surface area (TPSA) is 36.4 Å². The molecule has 2 saturated heterocycles. The maximum atomic E-state index is 12.2. The first kappa shape index (κ1) is 12.3. The molecule has 2 atom stereocenters. The molecule has 4 nitrogen and oxygen atoms in total. The molecule has 106 valence electrons. The smallest absolute Gasteiger partial charge is 0.224 e. The number of carbonyl (C=O) groups is 1. The molecule has 1 amide bonds. The number of fused-ring (bicyclic) bond motifs is 1. The molecule has 0 unspecified atom stereocenters. The Morgan fingerprint density at radius 3 is 2.85 bits per heavy atom. The van der Waals surface area contributed by atoms with E-state index >= 15 is 0 Å². The van der Waals surface area contributed by atoms with E-state index in [2.05, 4.69) is 20.9 Å². The molecule has 3 fully saturated rings. The zero-order chi connectivity index (χ0) is 13.5. The van der Waals surface area contributed by atoms with Crippen LogP contribution in [0.3, 0.4) is 0 Å². The van der Waals surface area contributed by atoms with Crippen molar-refractivity contribution >= 4 is 5.91 Å². The molecule has 0 N–H and O–H groups in total. The third kappa shape index (κ3) is 2.22. The van der Waals surface area contributed by atoms with E-state index in [1.807, 2.05) is 18.3 Å². The molecule has 20 heavy (non-hydrogen) atoms. The van der Waals surface area contributed by atoms with Gasteiger partial charge in [-0.25, -0.2) is 0 Å². The lowest BCUT2D eigenvalue weighted by Gasteiger charge is -2.25. The number of aromatic nitrogens is 1. The van der Waals surface area contributed by atoms with Gasteiger partial charge in [0.15, 0.2) is 0 Å². The van der Waals surface area contributed by atoms with Crippen molar-refractivity contribution in [3.8, 4) is 0 Å². The second-order valence-corrected chi connectivity index (χ2v) is 6.41. The van der Waals surface area contributed by atoms with Gasteiger partial charge in [0.05, 0.1) is 5.69 Å². The highest BCUT2D eigenvalue weighted by molar-refractivity contribution is 5.80. The fourth-order valence-electron chi connectivity index (χ4n) is 3.72. The Morgan fingerprint density at radius 2 is 2.10 bits per heavy atom. The molecule has 0 spiro atoms. The predicted molar refractivity (Wildman–Crippen MR) is 75.9 cm³/mol. The SMILES string of the molecule is O=C1C[C@H]2[C@H](CCN2Cc2ccccn2)N1CC1CC1. The summed E-state index contributed by atoms with van der Waals surface area (Å²) in [6.45, 7) is 2.99. The summed E-state index contributed by atoms with van der Waals surface area (Å²) in [7, 11) is 0. The van der Waals surface area contributed by atoms with Crippen LogP contribution in [0.25, 0.3) is 0 Å². The highest BCUT2D eigenvalue weighted by atomic mass is 16.2. The van der Waals surface area contributed by atoms with Crippen molar-refractivity contribution in [1.82, 2.24) is 14.8 Å². The minimum Gasteiger partial charge on any atom is -0.338 e. The van der Waals surface area contributed by atoms with Crippen LogP contribution in [0.15, 0.2) is 24.4 Å². The number of amides is 1. The molecule has 1 aromatic rings. The molecule has 2 aliphatic heterocycles. The summed E-state index contributed by atoms with van der Waals surface area (Å²) >= 11 is 0. The van der Waals surface area contributed by atoms with Gasteiger partial charge in [-0.15, -0.1) is 0 Å². The maximum Gasteiger partial charge on any atom is 0.224 e. The van der Waals surface area contributed by atoms with Gasteiger partial charge in [-0.05, 0) is 37.3 Å². The number of hydrogen-bond acceptors (Lipinski definition) is 3. The molecule has 3 aliphatic rings. The molecule has 0 radical (unpaired) electrons. The van der Waals surface area contributed by atoms with Crippen LogP contribution in [0.5, 0.6) is 0 Å². The molecule has 1 aliphatic carbocycles. The first-order valence-corrected chi connectivity index (χ1v) is 7.74. The number of likely N-dealkylation sites (tertiary alicyclic amines) is 2. The van der Waals surface area contributed by atoms with Gasteiger partial charge in [0, 0.05) is 44.3 Å². The third-order valence-corrected chi connectivity index (χ3v) is 4.97. The normalized spacial score (nSPS) is 30.0. The van der Waals surface area contributed by atoms with Crippen LogP contribution in [-0.4, -0.2) is 45.9 Å². The van der Waals surface area contributed by atoms with E-state index < -0.39 is 0 Å². The summed E-state index contributed by atoms with van der Waals surface area (Å²) in [5, 5.41) is 0. The number of carbonyl (C=O) groups excluding carboxylic acids is 1. The number of pyridine rings is 1. The third-order valence-electron chi connectivity index (χ3n) is 4.97. The van der Waals surface area contributed by atoms with Crippen LogP contribution < -0.4 is 0 Å². The fourth-order valence-corrected chi connectivity index (χ4v) is 3.72. The average Bonchev–Trinajstić information content (AvgIpc) is 3.13. The Morgan fingerprint density at radius 1 is 1.20 bits per heavy atom. The largest absolute Gasteiger partial charge is 0.338 e. The van der Waals surface area contributed by atoms with E-state index in [0.29, 0.717) is 24.4 Å². The van der Waals surface area contributed by atoms with Gasteiger partial charge in [-0.1, -0.05) is 6.07 Å². The first-order valence-electron chi connectivity index (χ1n) is 7.74. The monoisotopic (exact) mass is 271 g/mol. The van der Waals surface area contributed by atoms with Crippen molar-refractivity contribution in [2.75, 3.05) is 13.1 Å². The highest BCUT2D eigenvalue weighted by Gasteiger charge is 2.47. The number of rotatable bonds is 4. The lowest BCUT2D eigenvalue weighted by Crippen LogP contribution is -2.38. The molecule has 3 heterocycles. The fraction of sp³-hybridized carbons (Fsp3) is 0.625. The molecule has 1 aromatic heterocycles. The lowest BCUT2D eigenvalue weighted by atomic mass is 10.1. The summed E-state index contributed by atoms with van der Waals surface area (Å²) in [4.78, 5) is 21.3. The van der Waals surface area contributed by atoms with Crippen molar-refractivity contribution in [1.29, 1.82) is 0 Å². The molecule has 4 rings (SSSR count). The van der Waals surface area contributed by atoms with Crippen molar-refractivity contribution in [3.63, 3.8) is 0 Å². The first-order chi connectivity index (χ1) is 9.81. The van der Waals surface area contributed by atoms with Gasteiger partial charge >= 0.3 is 0 Å². The maximum absolute atomic E-state index is 12.2. The molecule has 4 heteroatoms. The molecule has 0 bridgehead atoms. The minimum atomic E-state index is 0.373. The summed E-state index contributed by atoms with van der Waals surface area (Å²) in [6.07, 6.45) is 6.33. The van der Waals surface area contributed by atoms with E-state index in [9.17, 15) is 4.79 Å². The second-order valence-electron chi connectivity index (χ2n) is 6.41. The standard InChI is InChI=1S/C16H21N3O/c20-16-9-15-14(19(16)10-12-4-5-12)6-8-18(15)11-13-3-1-2-7-17-13/h1-3,7,12,14-15H,4-6,8-11H2/t14-,15-/m0/s1. The molecular formula is C16H21N3O. The Balaban J connectivity index is 1.45. The Bertz CT molecular complexity index is 500. The van der Waals surface area contributed by atoms with E-state index in [0.717, 1.165) is 37.7 Å².